The summed E-state index contributed by atoms with van der Waals surface area (Å²) in [5.41, 5.74) is 0.471. The van der Waals surface area contributed by atoms with E-state index in [9.17, 15) is 0 Å². The summed E-state index contributed by atoms with van der Waals surface area (Å²) in [7, 11) is 0. The molecule has 1 heterocycles. The monoisotopic (exact) mass is 196 g/mol. The molecule has 0 amide bonds. The van der Waals surface area contributed by atoms with Gasteiger partial charge in [-0.05, 0) is 52.1 Å². The second-order valence-corrected chi connectivity index (χ2v) is 5.28. The SMILES string of the molecule is CC1(NCCC2CCCN2)CCCC1. The first kappa shape index (κ1) is 10.4. The van der Waals surface area contributed by atoms with Crippen molar-refractivity contribution in [3.05, 3.63) is 0 Å². The van der Waals surface area contributed by atoms with Crippen molar-refractivity contribution in [1.29, 1.82) is 0 Å². The van der Waals surface area contributed by atoms with E-state index in [4.69, 9.17) is 0 Å². The van der Waals surface area contributed by atoms with Crippen molar-refractivity contribution in [2.75, 3.05) is 13.1 Å². The predicted octanol–water partition coefficient (Wildman–Crippen LogP) is 2.05. The smallest absolute Gasteiger partial charge is 0.0153 e. The van der Waals surface area contributed by atoms with Crippen molar-refractivity contribution in [2.24, 2.45) is 0 Å². The van der Waals surface area contributed by atoms with Gasteiger partial charge in [0.2, 0.25) is 0 Å². The summed E-state index contributed by atoms with van der Waals surface area (Å²) in [4.78, 5) is 0. The molecule has 0 bridgehead atoms. The molecule has 0 spiro atoms. The zero-order chi connectivity index (χ0) is 9.86. The molecular weight excluding hydrogens is 172 g/mol. The van der Waals surface area contributed by atoms with E-state index in [0.717, 1.165) is 6.04 Å². The van der Waals surface area contributed by atoms with E-state index in [1.165, 1.54) is 58.0 Å². The van der Waals surface area contributed by atoms with Gasteiger partial charge in [-0.1, -0.05) is 12.8 Å². The molecule has 2 heteroatoms. The molecule has 14 heavy (non-hydrogen) atoms. The summed E-state index contributed by atoms with van der Waals surface area (Å²) in [5.74, 6) is 0. The first-order valence-corrected chi connectivity index (χ1v) is 6.27. The van der Waals surface area contributed by atoms with Crippen molar-refractivity contribution in [1.82, 2.24) is 10.6 Å². The quantitative estimate of drug-likeness (QED) is 0.719. The first-order chi connectivity index (χ1) is 6.79. The van der Waals surface area contributed by atoms with E-state index >= 15 is 0 Å². The molecule has 1 unspecified atom stereocenters. The maximum absolute atomic E-state index is 3.74. The number of nitrogens with one attached hydrogen (secondary N) is 2. The summed E-state index contributed by atoms with van der Waals surface area (Å²) < 4.78 is 0. The minimum Gasteiger partial charge on any atom is -0.314 e. The van der Waals surface area contributed by atoms with Crippen LogP contribution in [0, 0.1) is 0 Å². The molecule has 1 saturated carbocycles. The Balaban J connectivity index is 1.61. The van der Waals surface area contributed by atoms with Crippen LogP contribution in [0.4, 0.5) is 0 Å². The van der Waals surface area contributed by atoms with E-state index in [0.29, 0.717) is 5.54 Å². The van der Waals surface area contributed by atoms with E-state index in [1.807, 2.05) is 0 Å². The zero-order valence-electron chi connectivity index (χ0n) is 9.44. The van der Waals surface area contributed by atoms with E-state index in [1.54, 1.807) is 0 Å². The van der Waals surface area contributed by atoms with E-state index in [2.05, 4.69) is 17.6 Å². The molecule has 1 aliphatic carbocycles. The van der Waals surface area contributed by atoms with Gasteiger partial charge in [0.1, 0.15) is 0 Å². The third-order valence-corrected chi connectivity index (χ3v) is 3.91. The molecule has 2 fully saturated rings. The van der Waals surface area contributed by atoms with Crippen LogP contribution >= 0.6 is 0 Å². The fraction of sp³-hybridized carbons (Fsp3) is 1.00. The summed E-state index contributed by atoms with van der Waals surface area (Å²) in [6.45, 7) is 4.83. The molecule has 0 radical (unpaired) electrons. The maximum atomic E-state index is 3.74. The highest BCUT2D eigenvalue weighted by Crippen LogP contribution is 2.28. The van der Waals surface area contributed by atoms with Gasteiger partial charge in [0.05, 0.1) is 0 Å². The Morgan fingerprint density at radius 3 is 2.71 bits per heavy atom. The van der Waals surface area contributed by atoms with Gasteiger partial charge in [0.25, 0.3) is 0 Å². The lowest BCUT2D eigenvalue weighted by Gasteiger charge is -2.26. The van der Waals surface area contributed by atoms with Crippen molar-refractivity contribution >= 4 is 0 Å². The van der Waals surface area contributed by atoms with Crippen LogP contribution < -0.4 is 10.6 Å². The minimum absolute atomic E-state index is 0.471. The van der Waals surface area contributed by atoms with Gasteiger partial charge in [-0.2, -0.15) is 0 Å². The highest BCUT2D eigenvalue weighted by Gasteiger charge is 2.27. The Morgan fingerprint density at radius 2 is 2.07 bits per heavy atom. The van der Waals surface area contributed by atoms with Crippen LogP contribution in [-0.2, 0) is 0 Å². The zero-order valence-corrected chi connectivity index (χ0v) is 9.44. The van der Waals surface area contributed by atoms with Gasteiger partial charge >= 0.3 is 0 Å². The topological polar surface area (TPSA) is 24.1 Å². The Labute approximate surface area is 87.8 Å². The Bertz CT molecular complexity index is 167. The van der Waals surface area contributed by atoms with Crippen molar-refractivity contribution < 1.29 is 0 Å². The van der Waals surface area contributed by atoms with E-state index < -0.39 is 0 Å². The van der Waals surface area contributed by atoms with Gasteiger partial charge in [-0.15, -0.1) is 0 Å². The Morgan fingerprint density at radius 1 is 1.29 bits per heavy atom. The molecule has 1 atom stereocenters. The molecule has 82 valence electrons. The van der Waals surface area contributed by atoms with Gasteiger partial charge in [0.15, 0.2) is 0 Å². The summed E-state index contributed by atoms with van der Waals surface area (Å²) in [5, 5.41) is 7.30. The normalized spacial score (nSPS) is 31.1. The van der Waals surface area contributed by atoms with Gasteiger partial charge in [-0.25, -0.2) is 0 Å². The average molecular weight is 196 g/mol. The fourth-order valence-electron chi connectivity index (χ4n) is 2.88. The molecule has 1 saturated heterocycles. The lowest BCUT2D eigenvalue weighted by atomic mass is 10.0. The van der Waals surface area contributed by atoms with Crippen LogP contribution in [0.15, 0.2) is 0 Å². The number of hydrogen-bond donors (Lipinski definition) is 2. The van der Waals surface area contributed by atoms with Crippen molar-refractivity contribution in [3.63, 3.8) is 0 Å². The van der Waals surface area contributed by atoms with Crippen molar-refractivity contribution in [2.45, 2.75) is 63.5 Å². The standard InChI is InChI=1S/C12H24N2/c1-12(7-2-3-8-12)14-10-6-11-5-4-9-13-11/h11,13-14H,2-10H2,1H3. The Hall–Kier alpha value is -0.0800. The summed E-state index contributed by atoms with van der Waals surface area (Å²) in [6, 6.07) is 0.799. The molecule has 0 aromatic carbocycles. The second kappa shape index (κ2) is 4.63. The molecule has 2 nitrogen and oxygen atoms in total. The largest absolute Gasteiger partial charge is 0.314 e. The van der Waals surface area contributed by atoms with Crippen LogP contribution in [0.1, 0.15) is 51.9 Å². The number of rotatable bonds is 4. The highest BCUT2D eigenvalue weighted by atomic mass is 15.0. The van der Waals surface area contributed by atoms with Crippen LogP contribution in [0.5, 0.6) is 0 Å². The summed E-state index contributed by atoms with van der Waals surface area (Å²) >= 11 is 0. The second-order valence-electron chi connectivity index (χ2n) is 5.28. The maximum Gasteiger partial charge on any atom is 0.0153 e. The molecule has 2 rings (SSSR count). The third kappa shape index (κ3) is 2.71. The summed E-state index contributed by atoms with van der Waals surface area (Å²) in [6.07, 6.45) is 9.68. The number of hydrogen-bond acceptors (Lipinski definition) is 2. The molecule has 0 aromatic heterocycles. The minimum atomic E-state index is 0.471. The van der Waals surface area contributed by atoms with E-state index in [-0.39, 0.29) is 0 Å². The fourth-order valence-corrected chi connectivity index (χ4v) is 2.88. The van der Waals surface area contributed by atoms with Gasteiger partial charge in [-0.3, -0.25) is 0 Å². The third-order valence-electron chi connectivity index (χ3n) is 3.91. The molecule has 2 N–H and O–H groups in total. The highest BCUT2D eigenvalue weighted by molar-refractivity contribution is 4.88. The van der Waals surface area contributed by atoms with Gasteiger partial charge in [0, 0.05) is 11.6 Å². The first-order valence-electron chi connectivity index (χ1n) is 6.27. The molecule has 2 aliphatic rings. The molecular formula is C12H24N2. The van der Waals surface area contributed by atoms with Crippen LogP contribution in [0.3, 0.4) is 0 Å². The van der Waals surface area contributed by atoms with Crippen LogP contribution in [0.25, 0.3) is 0 Å². The van der Waals surface area contributed by atoms with Crippen LogP contribution in [-0.4, -0.2) is 24.7 Å². The van der Waals surface area contributed by atoms with Crippen molar-refractivity contribution in [3.8, 4) is 0 Å². The lowest BCUT2D eigenvalue weighted by molar-refractivity contribution is 0.352. The average Bonchev–Trinajstić information content (AvgIpc) is 2.77. The molecule has 0 aromatic rings. The Kier molecular flexibility index (Phi) is 3.45. The van der Waals surface area contributed by atoms with Gasteiger partial charge < -0.3 is 10.6 Å². The molecule has 1 aliphatic heterocycles. The van der Waals surface area contributed by atoms with Crippen LogP contribution in [0.2, 0.25) is 0 Å². The lowest BCUT2D eigenvalue weighted by Crippen LogP contribution is -2.41. The predicted molar refractivity (Wildman–Crippen MR) is 60.5 cm³/mol.